The Morgan fingerprint density at radius 2 is 2.22 bits per heavy atom. The minimum atomic E-state index is 0.248. The number of halogens is 1. The van der Waals surface area contributed by atoms with E-state index >= 15 is 0 Å². The highest BCUT2D eigenvalue weighted by atomic mass is 35.5. The van der Waals surface area contributed by atoms with Crippen LogP contribution >= 0.6 is 11.6 Å². The number of aryl methyl sites for hydroxylation is 1. The van der Waals surface area contributed by atoms with Gasteiger partial charge in [-0.05, 0) is 50.4 Å². The first-order valence-electron chi connectivity index (χ1n) is 6.76. The molecule has 3 heteroatoms. The number of ether oxygens (including phenoxy) is 1. The zero-order valence-corrected chi connectivity index (χ0v) is 12.1. The first-order chi connectivity index (χ1) is 8.61. The summed E-state index contributed by atoms with van der Waals surface area (Å²) in [6.07, 6.45) is 2.90. The molecule has 1 aliphatic rings. The molecule has 1 aromatic carbocycles. The Morgan fingerprint density at radius 1 is 1.44 bits per heavy atom. The van der Waals surface area contributed by atoms with Crippen LogP contribution in [0.4, 0.5) is 0 Å². The van der Waals surface area contributed by atoms with Crippen molar-refractivity contribution >= 4 is 11.6 Å². The second-order valence-corrected chi connectivity index (χ2v) is 5.51. The van der Waals surface area contributed by atoms with Crippen LogP contribution in [-0.2, 0) is 4.74 Å². The van der Waals surface area contributed by atoms with Crippen LogP contribution in [0.5, 0.6) is 0 Å². The molecule has 0 bridgehead atoms. The minimum absolute atomic E-state index is 0.248. The number of hydrogen-bond acceptors (Lipinski definition) is 2. The molecule has 0 aliphatic carbocycles. The number of rotatable bonds is 4. The molecule has 100 valence electrons. The molecule has 1 heterocycles. The molecule has 3 atom stereocenters. The predicted octanol–water partition coefficient (Wildman–Crippen LogP) is 3.87. The Hall–Kier alpha value is -0.570. The van der Waals surface area contributed by atoms with Crippen LogP contribution < -0.4 is 5.32 Å². The lowest BCUT2D eigenvalue weighted by Gasteiger charge is -2.25. The van der Waals surface area contributed by atoms with E-state index in [1.165, 1.54) is 5.56 Å². The summed E-state index contributed by atoms with van der Waals surface area (Å²) in [7, 11) is 0. The molecule has 1 aromatic rings. The van der Waals surface area contributed by atoms with E-state index in [9.17, 15) is 0 Å². The molecule has 0 spiro atoms. The summed E-state index contributed by atoms with van der Waals surface area (Å²) in [6.45, 7) is 7.24. The Kier molecular flexibility index (Phi) is 4.66. The standard InChI is InChI=1S/C15H22ClNO/c1-4-17-15(14-8-6-11(3)18-14)12-7-5-10(2)13(16)9-12/h5,7,9,11,14-15,17H,4,6,8H2,1-3H3. The van der Waals surface area contributed by atoms with E-state index in [1.54, 1.807) is 0 Å². The molecule has 1 aliphatic heterocycles. The van der Waals surface area contributed by atoms with E-state index in [2.05, 4.69) is 37.4 Å². The Balaban J connectivity index is 2.20. The zero-order valence-electron chi connectivity index (χ0n) is 11.4. The molecular formula is C15H22ClNO. The summed E-state index contributed by atoms with van der Waals surface area (Å²) in [5.41, 5.74) is 2.35. The van der Waals surface area contributed by atoms with Crippen molar-refractivity contribution in [1.29, 1.82) is 0 Å². The minimum Gasteiger partial charge on any atom is -0.373 e. The fourth-order valence-electron chi connectivity index (χ4n) is 2.57. The monoisotopic (exact) mass is 267 g/mol. The second-order valence-electron chi connectivity index (χ2n) is 5.11. The van der Waals surface area contributed by atoms with Gasteiger partial charge in [0.25, 0.3) is 0 Å². The van der Waals surface area contributed by atoms with Gasteiger partial charge in [-0.15, -0.1) is 0 Å². The third-order valence-electron chi connectivity index (χ3n) is 3.62. The van der Waals surface area contributed by atoms with Crippen molar-refractivity contribution in [2.24, 2.45) is 0 Å². The lowest BCUT2D eigenvalue weighted by Crippen LogP contribution is -2.32. The summed E-state index contributed by atoms with van der Waals surface area (Å²) < 4.78 is 5.99. The summed E-state index contributed by atoms with van der Waals surface area (Å²) in [5.74, 6) is 0. The second kappa shape index (κ2) is 6.05. The average Bonchev–Trinajstić information content (AvgIpc) is 2.76. The molecule has 1 N–H and O–H groups in total. The van der Waals surface area contributed by atoms with Gasteiger partial charge in [-0.1, -0.05) is 30.7 Å². The molecule has 0 radical (unpaired) electrons. The predicted molar refractivity (Wildman–Crippen MR) is 76.2 cm³/mol. The van der Waals surface area contributed by atoms with E-state index in [-0.39, 0.29) is 12.1 Å². The number of benzene rings is 1. The van der Waals surface area contributed by atoms with Crippen molar-refractivity contribution in [2.45, 2.75) is 51.9 Å². The molecule has 1 saturated heterocycles. The lowest BCUT2D eigenvalue weighted by molar-refractivity contribution is 0.0319. The third-order valence-corrected chi connectivity index (χ3v) is 4.02. The van der Waals surface area contributed by atoms with Gasteiger partial charge in [0.2, 0.25) is 0 Å². The van der Waals surface area contributed by atoms with Crippen molar-refractivity contribution in [2.75, 3.05) is 6.54 Å². The van der Waals surface area contributed by atoms with Crippen molar-refractivity contribution in [1.82, 2.24) is 5.32 Å². The molecule has 3 unspecified atom stereocenters. The summed E-state index contributed by atoms with van der Waals surface area (Å²) >= 11 is 6.22. The van der Waals surface area contributed by atoms with Crippen LogP contribution in [0.3, 0.4) is 0 Å². The largest absolute Gasteiger partial charge is 0.373 e. The third kappa shape index (κ3) is 3.05. The van der Waals surface area contributed by atoms with Gasteiger partial charge in [0.1, 0.15) is 0 Å². The Labute approximate surface area is 115 Å². The van der Waals surface area contributed by atoms with E-state index in [4.69, 9.17) is 16.3 Å². The van der Waals surface area contributed by atoms with Crippen molar-refractivity contribution < 1.29 is 4.74 Å². The van der Waals surface area contributed by atoms with Gasteiger partial charge in [0.15, 0.2) is 0 Å². The molecule has 18 heavy (non-hydrogen) atoms. The van der Waals surface area contributed by atoms with Crippen LogP contribution in [0.15, 0.2) is 18.2 Å². The summed E-state index contributed by atoms with van der Waals surface area (Å²) in [5, 5.41) is 4.36. The Morgan fingerprint density at radius 3 is 2.78 bits per heavy atom. The van der Waals surface area contributed by atoms with Gasteiger partial charge < -0.3 is 10.1 Å². The summed E-state index contributed by atoms with van der Waals surface area (Å²) in [6, 6.07) is 6.55. The van der Waals surface area contributed by atoms with Crippen molar-refractivity contribution in [3.63, 3.8) is 0 Å². The highest BCUT2D eigenvalue weighted by molar-refractivity contribution is 6.31. The molecule has 2 rings (SSSR count). The topological polar surface area (TPSA) is 21.3 Å². The van der Waals surface area contributed by atoms with Crippen molar-refractivity contribution in [3.05, 3.63) is 34.3 Å². The number of hydrogen-bond donors (Lipinski definition) is 1. The summed E-state index contributed by atoms with van der Waals surface area (Å²) in [4.78, 5) is 0. The van der Waals surface area contributed by atoms with E-state index in [0.717, 1.165) is 30.0 Å². The normalized spacial score (nSPS) is 25.3. The SMILES string of the molecule is CCNC(c1ccc(C)c(Cl)c1)C1CCC(C)O1. The van der Waals surface area contributed by atoms with Crippen LogP contribution in [0.25, 0.3) is 0 Å². The average molecular weight is 268 g/mol. The molecule has 0 amide bonds. The zero-order chi connectivity index (χ0) is 13.1. The lowest BCUT2D eigenvalue weighted by atomic mass is 9.98. The molecular weight excluding hydrogens is 246 g/mol. The van der Waals surface area contributed by atoms with Gasteiger partial charge in [0.05, 0.1) is 18.2 Å². The fraction of sp³-hybridized carbons (Fsp3) is 0.600. The highest BCUT2D eigenvalue weighted by Crippen LogP contribution is 2.31. The van der Waals surface area contributed by atoms with Gasteiger partial charge >= 0.3 is 0 Å². The van der Waals surface area contributed by atoms with Crippen molar-refractivity contribution in [3.8, 4) is 0 Å². The smallest absolute Gasteiger partial charge is 0.0774 e. The van der Waals surface area contributed by atoms with E-state index in [0.29, 0.717) is 6.10 Å². The molecule has 0 aromatic heterocycles. The highest BCUT2D eigenvalue weighted by Gasteiger charge is 2.30. The van der Waals surface area contributed by atoms with Crippen LogP contribution in [-0.4, -0.2) is 18.8 Å². The van der Waals surface area contributed by atoms with Crippen LogP contribution in [0, 0.1) is 6.92 Å². The van der Waals surface area contributed by atoms with Crippen LogP contribution in [0.2, 0.25) is 5.02 Å². The Bertz CT molecular complexity index is 407. The van der Waals surface area contributed by atoms with Gasteiger partial charge in [0, 0.05) is 5.02 Å². The first kappa shape index (κ1) is 13.9. The van der Waals surface area contributed by atoms with Gasteiger partial charge in [-0.25, -0.2) is 0 Å². The fourth-order valence-corrected chi connectivity index (χ4v) is 2.75. The van der Waals surface area contributed by atoms with Gasteiger partial charge in [-0.2, -0.15) is 0 Å². The maximum Gasteiger partial charge on any atom is 0.0774 e. The quantitative estimate of drug-likeness (QED) is 0.894. The van der Waals surface area contributed by atoms with E-state index < -0.39 is 0 Å². The first-order valence-corrected chi connectivity index (χ1v) is 7.14. The maximum absolute atomic E-state index is 6.22. The number of nitrogens with one attached hydrogen (secondary N) is 1. The molecule has 0 saturated carbocycles. The number of likely N-dealkylation sites (N-methyl/N-ethyl adjacent to an activating group) is 1. The molecule has 1 fully saturated rings. The van der Waals surface area contributed by atoms with Crippen LogP contribution in [0.1, 0.15) is 43.9 Å². The maximum atomic E-state index is 6.22. The van der Waals surface area contributed by atoms with E-state index in [1.807, 2.05) is 6.92 Å². The molecule has 2 nitrogen and oxygen atoms in total. The van der Waals surface area contributed by atoms with Gasteiger partial charge in [-0.3, -0.25) is 0 Å².